The van der Waals surface area contributed by atoms with Gasteiger partial charge in [0, 0.05) is 5.41 Å². The summed E-state index contributed by atoms with van der Waals surface area (Å²) < 4.78 is 22.1. The smallest absolute Gasteiger partial charge is 0.171 e. The zero-order valence-electron chi connectivity index (χ0n) is 7.21. The first-order chi connectivity index (χ1) is 5.12. The van der Waals surface area contributed by atoms with E-state index in [0.717, 1.165) is 19.3 Å². The molecule has 0 heterocycles. The van der Waals surface area contributed by atoms with Gasteiger partial charge in [-0.3, -0.25) is 0 Å². The molecule has 0 unspecified atom stereocenters. The molecule has 0 atom stereocenters. The monoisotopic (exact) mass is 176 g/mol. The van der Waals surface area contributed by atoms with Crippen LogP contribution < -0.4 is 0 Å². The van der Waals surface area contributed by atoms with Crippen LogP contribution in [0.2, 0.25) is 0 Å². The van der Waals surface area contributed by atoms with Crippen LogP contribution in [0.5, 0.6) is 0 Å². The molecule has 0 aromatic rings. The minimum Gasteiger partial charge on any atom is -0.224 e. The number of rotatable bonds is 5. The maximum absolute atomic E-state index is 11.1. The van der Waals surface area contributed by atoms with Gasteiger partial charge < -0.3 is 0 Å². The van der Waals surface area contributed by atoms with Gasteiger partial charge in [0.25, 0.3) is 0 Å². The molecule has 0 amide bonds. The van der Waals surface area contributed by atoms with E-state index < -0.39 is 9.84 Å². The Balaban J connectivity index is 3.92. The minimum absolute atomic E-state index is 0.292. The van der Waals surface area contributed by atoms with E-state index in [-0.39, 0.29) is 0 Å². The second-order valence-electron chi connectivity index (χ2n) is 2.50. The van der Waals surface area contributed by atoms with E-state index in [1.807, 2.05) is 13.8 Å². The van der Waals surface area contributed by atoms with Crippen molar-refractivity contribution in [3.63, 3.8) is 0 Å². The van der Waals surface area contributed by atoms with Gasteiger partial charge in [-0.2, -0.15) is 0 Å². The van der Waals surface area contributed by atoms with Crippen LogP contribution in [0.3, 0.4) is 0 Å². The highest BCUT2D eigenvalue weighted by Gasteiger charge is 2.02. The van der Waals surface area contributed by atoms with Crippen LogP contribution in [0.4, 0.5) is 0 Å². The van der Waals surface area contributed by atoms with Gasteiger partial charge in [0.05, 0.1) is 5.75 Å². The molecule has 0 aliphatic carbocycles. The van der Waals surface area contributed by atoms with Crippen LogP contribution in [0.1, 0.15) is 33.1 Å². The van der Waals surface area contributed by atoms with Crippen LogP contribution in [0.25, 0.3) is 0 Å². The first kappa shape index (κ1) is 10.7. The largest absolute Gasteiger partial charge is 0.224 e. The molecule has 66 valence electrons. The molecule has 0 fully saturated rings. The standard InChI is InChI=1S/C8H16O2S/c1-3-5-7-11(9,10)8-6-4-2/h5,7H,3-4,6,8H2,1-2H3. The third-order valence-corrected chi connectivity index (χ3v) is 2.79. The molecular formula is C8H16O2S. The molecule has 0 radical (unpaired) electrons. The fourth-order valence-corrected chi connectivity index (χ4v) is 1.97. The number of allylic oxidation sites excluding steroid dienone is 1. The van der Waals surface area contributed by atoms with Crippen LogP contribution in [-0.2, 0) is 9.84 Å². The summed E-state index contributed by atoms with van der Waals surface area (Å²) in [6.07, 6.45) is 4.16. The molecule has 3 heteroatoms. The van der Waals surface area contributed by atoms with E-state index >= 15 is 0 Å². The van der Waals surface area contributed by atoms with Crippen molar-refractivity contribution in [2.45, 2.75) is 33.1 Å². The first-order valence-electron chi connectivity index (χ1n) is 4.01. The van der Waals surface area contributed by atoms with Crippen LogP contribution in [-0.4, -0.2) is 14.2 Å². The highest BCUT2D eigenvalue weighted by atomic mass is 32.2. The Bertz CT molecular complexity index is 202. The molecule has 0 rings (SSSR count). The Labute approximate surface area is 69.2 Å². The number of hydrogen-bond donors (Lipinski definition) is 0. The number of sulfone groups is 1. The summed E-state index contributed by atoms with van der Waals surface area (Å²) in [6, 6.07) is 0. The lowest BCUT2D eigenvalue weighted by Crippen LogP contribution is -2.00. The van der Waals surface area contributed by atoms with Crippen molar-refractivity contribution in [1.29, 1.82) is 0 Å². The highest BCUT2D eigenvalue weighted by molar-refractivity contribution is 7.94. The average Bonchev–Trinajstić information content (AvgIpc) is 1.97. The van der Waals surface area contributed by atoms with Gasteiger partial charge in [-0.15, -0.1) is 0 Å². The molecule has 2 nitrogen and oxygen atoms in total. The molecule has 0 N–H and O–H groups in total. The van der Waals surface area contributed by atoms with Crippen molar-refractivity contribution in [2.75, 3.05) is 5.75 Å². The summed E-state index contributed by atoms with van der Waals surface area (Å²) in [5, 5.41) is 1.32. The molecule has 0 saturated heterocycles. The Morgan fingerprint density at radius 2 is 1.91 bits per heavy atom. The fraction of sp³-hybridized carbons (Fsp3) is 0.750. The fourth-order valence-electron chi connectivity index (χ4n) is 0.656. The molecule has 0 aromatic carbocycles. The molecule has 0 aromatic heterocycles. The Morgan fingerprint density at radius 1 is 1.27 bits per heavy atom. The lowest BCUT2D eigenvalue weighted by atomic mass is 10.4. The molecule has 0 saturated carbocycles. The van der Waals surface area contributed by atoms with E-state index in [2.05, 4.69) is 0 Å². The highest BCUT2D eigenvalue weighted by Crippen LogP contribution is 1.99. The SMILES string of the molecule is CCC=CS(=O)(=O)CCCC. The van der Waals surface area contributed by atoms with E-state index in [4.69, 9.17) is 0 Å². The van der Waals surface area contributed by atoms with E-state index in [1.165, 1.54) is 5.41 Å². The van der Waals surface area contributed by atoms with Crippen molar-refractivity contribution >= 4 is 9.84 Å². The van der Waals surface area contributed by atoms with Crippen LogP contribution in [0, 0.1) is 0 Å². The van der Waals surface area contributed by atoms with Crippen molar-refractivity contribution in [1.82, 2.24) is 0 Å². The zero-order chi connectivity index (χ0) is 8.74. The summed E-state index contributed by atoms with van der Waals surface area (Å²) in [5.74, 6) is 0.292. The minimum atomic E-state index is -2.89. The first-order valence-corrected chi connectivity index (χ1v) is 5.73. The number of unbranched alkanes of at least 4 members (excludes halogenated alkanes) is 1. The summed E-state index contributed by atoms with van der Waals surface area (Å²) >= 11 is 0. The van der Waals surface area contributed by atoms with Gasteiger partial charge in [0.2, 0.25) is 0 Å². The predicted molar refractivity (Wildman–Crippen MR) is 48.1 cm³/mol. The second kappa shape index (κ2) is 5.35. The van der Waals surface area contributed by atoms with E-state index in [0.29, 0.717) is 5.75 Å². The Kier molecular flexibility index (Phi) is 5.20. The van der Waals surface area contributed by atoms with Gasteiger partial charge in [-0.25, -0.2) is 8.42 Å². The number of hydrogen-bond acceptors (Lipinski definition) is 2. The molecule has 0 aliphatic heterocycles. The van der Waals surface area contributed by atoms with E-state index in [9.17, 15) is 8.42 Å². The Hall–Kier alpha value is -0.310. The Morgan fingerprint density at radius 3 is 2.36 bits per heavy atom. The third kappa shape index (κ3) is 6.10. The van der Waals surface area contributed by atoms with Crippen molar-refractivity contribution in [2.24, 2.45) is 0 Å². The average molecular weight is 176 g/mol. The van der Waals surface area contributed by atoms with Crippen molar-refractivity contribution in [3.8, 4) is 0 Å². The quantitative estimate of drug-likeness (QED) is 0.643. The maximum atomic E-state index is 11.1. The predicted octanol–water partition coefficient (Wildman–Crippen LogP) is 2.12. The van der Waals surface area contributed by atoms with Gasteiger partial charge in [-0.05, 0) is 12.8 Å². The van der Waals surface area contributed by atoms with E-state index in [1.54, 1.807) is 6.08 Å². The zero-order valence-corrected chi connectivity index (χ0v) is 8.02. The summed E-state index contributed by atoms with van der Waals surface area (Å²) in [7, 11) is -2.89. The summed E-state index contributed by atoms with van der Waals surface area (Å²) in [5.41, 5.74) is 0. The normalized spacial score (nSPS) is 12.5. The lowest BCUT2D eigenvalue weighted by molar-refractivity contribution is 0.601. The van der Waals surface area contributed by atoms with Gasteiger partial charge in [0.15, 0.2) is 9.84 Å². The molecule has 0 aliphatic rings. The van der Waals surface area contributed by atoms with Crippen molar-refractivity contribution in [3.05, 3.63) is 11.5 Å². The third-order valence-electron chi connectivity index (χ3n) is 1.32. The van der Waals surface area contributed by atoms with Gasteiger partial charge in [0.1, 0.15) is 0 Å². The summed E-state index contributed by atoms with van der Waals surface area (Å²) in [6.45, 7) is 3.91. The lowest BCUT2D eigenvalue weighted by Gasteiger charge is -1.94. The molecular weight excluding hydrogens is 160 g/mol. The van der Waals surface area contributed by atoms with Crippen LogP contribution in [0.15, 0.2) is 11.5 Å². The molecule has 0 spiro atoms. The topological polar surface area (TPSA) is 34.1 Å². The van der Waals surface area contributed by atoms with Crippen LogP contribution >= 0.6 is 0 Å². The molecule has 0 bridgehead atoms. The van der Waals surface area contributed by atoms with Gasteiger partial charge in [-0.1, -0.05) is 26.3 Å². The second-order valence-corrected chi connectivity index (χ2v) is 4.51. The summed E-state index contributed by atoms with van der Waals surface area (Å²) in [4.78, 5) is 0. The molecule has 11 heavy (non-hydrogen) atoms. The van der Waals surface area contributed by atoms with Crippen molar-refractivity contribution < 1.29 is 8.42 Å². The van der Waals surface area contributed by atoms with Gasteiger partial charge >= 0.3 is 0 Å². The maximum Gasteiger partial charge on any atom is 0.171 e.